The highest BCUT2D eigenvalue weighted by Crippen LogP contribution is 2.33. The second kappa shape index (κ2) is 7.38. The molecule has 1 fully saturated rings. The summed E-state index contributed by atoms with van der Waals surface area (Å²) < 4.78 is 5.49. The molecule has 0 heterocycles. The van der Waals surface area contributed by atoms with E-state index in [1.54, 1.807) is 4.90 Å². The third kappa shape index (κ3) is 4.30. The van der Waals surface area contributed by atoms with Gasteiger partial charge in [0.05, 0.1) is 18.1 Å². The van der Waals surface area contributed by atoms with Crippen molar-refractivity contribution in [2.45, 2.75) is 46.1 Å². The summed E-state index contributed by atoms with van der Waals surface area (Å²) in [7, 11) is 0. The molecule has 0 aromatic carbocycles. The molecule has 1 unspecified atom stereocenters. The van der Waals surface area contributed by atoms with Gasteiger partial charge in [-0.1, -0.05) is 0 Å². The average molecular weight is 252 g/mol. The number of carbonyl (C=O) groups excluding carboxylic acids is 1. The molecule has 4 nitrogen and oxygen atoms in total. The summed E-state index contributed by atoms with van der Waals surface area (Å²) >= 11 is 0. The lowest BCUT2D eigenvalue weighted by atomic mass is 9.79. The molecule has 0 spiro atoms. The van der Waals surface area contributed by atoms with Crippen LogP contribution in [-0.2, 0) is 9.53 Å². The Hall–Kier alpha value is -1.08. The highest BCUT2D eigenvalue weighted by atomic mass is 16.5. The number of ether oxygens (including phenoxy) is 1. The smallest absolute Gasteiger partial charge is 0.222 e. The summed E-state index contributed by atoms with van der Waals surface area (Å²) in [6.07, 6.45) is 2.98. The lowest BCUT2D eigenvalue weighted by Crippen LogP contribution is -2.39. The Morgan fingerprint density at radius 3 is 2.67 bits per heavy atom. The first-order valence-corrected chi connectivity index (χ1v) is 6.89. The molecule has 0 aromatic heterocycles. The van der Waals surface area contributed by atoms with Gasteiger partial charge in [-0.2, -0.15) is 5.26 Å². The molecule has 1 rings (SSSR count). The summed E-state index contributed by atoms with van der Waals surface area (Å²) in [4.78, 5) is 13.9. The second-order valence-corrected chi connectivity index (χ2v) is 5.08. The Kier molecular flexibility index (Phi) is 6.14. The Morgan fingerprint density at radius 1 is 1.50 bits per heavy atom. The van der Waals surface area contributed by atoms with Gasteiger partial charge in [-0.3, -0.25) is 4.79 Å². The molecule has 102 valence electrons. The first-order valence-electron chi connectivity index (χ1n) is 6.89. The molecule has 0 bridgehead atoms. The van der Waals surface area contributed by atoms with Crippen molar-refractivity contribution in [3.63, 3.8) is 0 Å². The Bertz CT molecular complexity index is 305. The molecule has 0 N–H and O–H groups in total. The molecular weight excluding hydrogens is 228 g/mol. The Labute approximate surface area is 110 Å². The Balaban J connectivity index is 2.29. The van der Waals surface area contributed by atoms with Crippen molar-refractivity contribution in [3.05, 3.63) is 0 Å². The summed E-state index contributed by atoms with van der Waals surface area (Å²) in [6, 6.07) is 2.18. The third-order valence-electron chi connectivity index (χ3n) is 3.51. The maximum atomic E-state index is 12.1. The first kappa shape index (κ1) is 15.0. The predicted molar refractivity (Wildman–Crippen MR) is 69.8 cm³/mol. The lowest BCUT2D eigenvalue weighted by Gasteiger charge is -2.35. The molecular formula is C14H24N2O2. The molecule has 0 aliphatic heterocycles. The van der Waals surface area contributed by atoms with Gasteiger partial charge in [0.2, 0.25) is 5.91 Å². The molecule has 1 aliphatic rings. The van der Waals surface area contributed by atoms with E-state index >= 15 is 0 Å². The molecule has 4 heteroatoms. The van der Waals surface area contributed by atoms with Gasteiger partial charge in [-0.25, -0.2) is 0 Å². The average Bonchev–Trinajstić information content (AvgIpc) is 2.32. The Morgan fingerprint density at radius 2 is 2.17 bits per heavy atom. The van der Waals surface area contributed by atoms with Crippen molar-refractivity contribution in [1.29, 1.82) is 5.26 Å². The SMILES string of the molecule is CCOC1CC(CC(=O)N(CC)CC(C)C#N)C1. The third-order valence-corrected chi connectivity index (χ3v) is 3.51. The van der Waals surface area contributed by atoms with Gasteiger partial charge in [0, 0.05) is 26.1 Å². The van der Waals surface area contributed by atoms with Crippen LogP contribution < -0.4 is 0 Å². The number of rotatable bonds is 7. The van der Waals surface area contributed by atoms with E-state index in [1.807, 2.05) is 20.8 Å². The fourth-order valence-electron chi connectivity index (χ4n) is 2.37. The van der Waals surface area contributed by atoms with Crippen LogP contribution in [0.25, 0.3) is 0 Å². The quantitative estimate of drug-likeness (QED) is 0.698. The van der Waals surface area contributed by atoms with Crippen LogP contribution in [0.4, 0.5) is 0 Å². The minimum atomic E-state index is -0.0912. The molecule has 1 amide bonds. The number of amides is 1. The van der Waals surface area contributed by atoms with Gasteiger partial charge in [0.25, 0.3) is 0 Å². The number of nitriles is 1. The molecule has 0 aromatic rings. The lowest BCUT2D eigenvalue weighted by molar-refractivity contribution is -0.134. The zero-order valence-corrected chi connectivity index (χ0v) is 11.7. The van der Waals surface area contributed by atoms with E-state index in [0.29, 0.717) is 31.5 Å². The van der Waals surface area contributed by atoms with Crippen LogP contribution in [0.5, 0.6) is 0 Å². The minimum absolute atomic E-state index is 0.0912. The van der Waals surface area contributed by atoms with Gasteiger partial charge in [0.1, 0.15) is 0 Å². The minimum Gasteiger partial charge on any atom is -0.378 e. The van der Waals surface area contributed by atoms with Gasteiger partial charge in [-0.05, 0) is 39.5 Å². The van der Waals surface area contributed by atoms with Crippen molar-refractivity contribution in [2.75, 3.05) is 19.7 Å². The second-order valence-electron chi connectivity index (χ2n) is 5.08. The zero-order valence-electron chi connectivity index (χ0n) is 11.7. The highest BCUT2D eigenvalue weighted by Gasteiger charge is 2.32. The fraction of sp³-hybridized carbons (Fsp3) is 0.857. The van der Waals surface area contributed by atoms with E-state index in [1.165, 1.54) is 0 Å². The monoisotopic (exact) mass is 252 g/mol. The van der Waals surface area contributed by atoms with Gasteiger partial charge >= 0.3 is 0 Å². The van der Waals surface area contributed by atoms with Crippen LogP contribution in [0.3, 0.4) is 0 Å². The van der Waals surface area contributed by atoms with E-state index in [9.17, 15) is 4.79 Å². The van der Waals surface area contributed by atoms with Crippen molar-refractivity contribution < 1.29 is 9.53 Å². The number of hydrogen-bond donors (Lipinski definition) is 0. The first-order chi connectivity index (χ1) is 8.60. The van der Waals surface area contributed by atoms with Crippen LogP contribution in [0, 0.1) is 23.2 Å². The highest BCUT2D eigenvalue weighted by molar-refractivity contribution is 5.76. The molecule has 1 aliphatic carbocycles. The number of hydrogen-bond acceptors (Lipinski definition) is 3. The van der Waals surface area contributed by atoms with E-state index in [-0.39, 0.29) is 11.8 Å². The van der Waals surface area contributed by atoms with Gasteiger partial charge < -0.3 is 9.64 Å². The van der Waals surface area contributed by atoms with Crippen LogP contribution in [0.1, 0.15) is 40.0 Å². The topological polar surface area (TPSA) is 53.3 Å². The molecule has 0 saturated heterocycles. The van der Waals surface area contributed by atoms with Crippen LogP contribution in [0.15, 0.2) is 0 Å². The predicted octanol–water partition coefficient (Wildman–Crippen LogP) is 2.20. The van der Waals surface area contributed by atoms with Crippen molar-refractivity contribution in [3.8, 4) is 6.07 Å². The number of nitrogens with zero attached hydrogens (tertiary/aromatic N) is 2. The zero-order chi connectivity index (χ0) is 13.5. The fourth-order valence-corrected chi connectivity index (χ4v) is 2.37. The van der Waals surface area contributed by atoms with Gasteiger partial charge in [0.15, 0.2) is 0 Å². The van der Waals surface area contributed by atoms with Crippen molar-refractivity contribution in [2.24, 2.45) is 11.8 Å². The molecule has 1 saturated carbocycles. The summed E-state index contributed by atoms with van der Waals surface area (Å²) in [5, 5.41) is 8.79. The number of carbonyl (C=O) groups is 1. The summed E-state index contributed by atoms with van der Waals surface area (Å²) in [5.74, 6) is 0.562. The molecule has 18 heavy (non-hydrogen) atoms. The van der Waals surface area contributed by atoms with Crippen LogP contribution in [0.2, 0.25) is 0 Å². The van der Waals surface area contributed by atoms with Crippen molar-refractivity contribution in [1.82, 2.24) is 4.90 Å². The van der Waals surface area contributed by atoms with Crippen LogP contribution >= 0.6 is 0 Å². The molecule has 0 radical (unpaired) electrons. The van der Waals surface area contributed by atoms with E-state index in [0.717, 1.165) is 19.4 Å². The van der Waals surface area contributed by atoms with Gasteiger partial charge in [-0.15, -0.1) is 0 Å². The standard InChI is InChI=1S/C14H24N2O2/c1-4-16(10-11(3)9-15)14(17)8-12-6-13(7-12)18-5-2/h11-13H,4-8,10H2,1-3H3. The van der Waals surface area contributed by atoms with E-state index in [2.05, 4.69) is 6.07 Å². The largest absolute Gasteiger partial charge is 0.378 e. The van der Waals surface area contributed by atoms with E-state index < -0.39 is 0 Å². The summed E-state index contributed by atoms with van der Waals surface area (Å²) in [5.41, 5.74) is 0. The maximum Gasteiger partial charge on any atom is 0.222 e. The normalized spacial score (nSPS) is 23.9. The molecule has 1 atom stereocenters. The maximum absolute atomic E-state index is 12.1. The summed E-state index contributed by atoms with van der Waals surface area (Å²) in [6.45, 7) is 7.81. The van der Waals surface area contributed by atoms with Crippen LogP contribution in [-0.4, -0.2) is 36.6 Å². The van der Waals surface area contributed by atoms with Crippen molar-refractivity contribution >= 4 is 5.91 Å². The van der Waals surface area contributed by atoms with E-state index in [4.69, 9.17) is 10.00 Å².